The zero-order chi connectivity index (χ0) is 20.5. The van der Waals surface area contributed by atoms with Gasteiger partial charge in [-0.1, -0.05) is 0 Å². The topological polar surface area (TPSA) is 76.5 Å². The van der Waals surface area contributed by atoms with E-state index in [9.17, 15) is 0 Å². The number of morpholine rings is 2. The Bertz CT molecular complexity index is 1030. The number of ether oxygens (including phenoxy) is 2. The van der Waals surface area contributed by atoms with Crippen molar-refractivity contribution in [3.05, 3.63) is 36.7 Å². The monoisotopic (exact) mass is 406 g/mol. The van der Waals surface area contributed by atoms with E-state index in [0.29, 0.717) is 38.0 Å². The maximum absolute atomic E-state index is 5.65. The summed E-state index contributed by atoms with van der Waals surface area (Å²) in [4.78, 5) is 23.5. The number of hydrogen-bond acceptors (Lipinski definition) is 8. The van der Waals surface area contributed by atoms with Crippen molar-refractivity contribution in [2.24, 2.45) is 0 Å². The van der Waals surface area contributed by atoms with E-state index in [2.05, 4.69) is 34.7 Å². The molecule has 0 aliphatic carbocycles. The minimum absolute atomic E-state index is 0.217. The van der Waals surface area contributed by atoms with Crippen LogP contribution in [0.25, 0.3) is 22.3 Å². The molecule has 156 valence electrons. The highest BCUT2D eigenvalue weighted by atomic mass is 16.5. The lowest BCUT2D eigenvalue weighted by atomic mass is 10.1. The Kier molecular flexibility index (Phi) is 5.18. The van der Waals surface area contributed by atoms with Crippen LogP contribution in [0, 0.1) is 0 Å². The molecule has 5 rings (SSSR count). The molecule has 2 fully saturated rings. The molecule has 2 aliphatic rings. The van der Waals surface area contributed by atoms with Gasteiger partial charge in [-0.25, -0.2) is 4.98 Å². The molecular formula is C22H26N6O2. The maximum atomic E-state index is 5.65. The molecule has 0 saturated carbocycles. The van der Waals surface area contributed by atoms with Crippen LogP contribution in [0.15, 0.2) is 36.7 Å². The smallest absolute Gasteiger partial charge is 0.229 e. The quantitative estimate of drug-likeness (QED) is 0.657. The highest BCUT2D eigenvalue weighted by molar-refractivity contribution is 5.90. The molecule has 3 aromatic heterocycles. The third-order valence-corrected chi connectivity index (χ3v) is 5.77. The van der Waals surface area contributed by atoms with Crippen molar-refractivity contribution in [2.45, 2.75) is 25.9 Å². The summed E-state index contributed by atoms with van der Waals surface area (Å²) in [7, 11) is 0. The summed E-state index contributed by atoms with van der Waals surface area (Å²) in [6, 6.07) is 8.51. The maximum Gasteiger partial charge on any atom is 0.229 e. The number of hydrogen-bond donors (Lipinski definition) is 0. The van der Waals surface area contributed by atoms with E-state index in [-0.39, 0.29) is 12.1 Å². The molecule has 8 nitrogen and oxygen atoms in total. The molecule has 0 N–H and O–H groups in total. The second-order valence-electron chi connectivity index (χ2n) is 7.89. The van der Waals surface area contributed by atoms with Crippen LogP contribution >= 0.6 is 0 Å². The van der Waals surface area contributed by atoms with Crippen LogP contribution in [0.5, 0.6) is 0 Å². The highest BCUT2D eigenvalue weighted by Crippen LogP contribution is 2.31. The average Bonchev–Trinajstić information content (AvgIpc) is 2.79. The molecule has 2 atom stereocenters. The number of nitrogens with zero attached hydrogens (tertiary/aromatic N) is 6. The molecule has 8 heteroatoms. The van der Waals surface area contributed by atoms with Crippen LogP contribution in [0.3, 0.4) is 0 Å². The fraction of sp³-hybridized carbons (Fsp3) is 0.455. The zero-order valence-corrected chi connectivity index (χ0v) is 17.4. The predicted octanol–water partition coefficient (Wildman–Crippen LogP) is 2.54. The minimum Gasteiger partial charge on any atom is -0.377 e. The number of rotatable bonds is 3. The largest absolute Gasteiger partial charge is 0.377 e. The van der Waals surface area contributed by atoms with Crippen LogP contribution in [-0.2, 0) is 9.47 Å². The number of anilines is 2. The number of pyridine rings is 2. The standard InChI is InChI=1S/C22H26N6O2/c1-15-13-29-11-9-27(15)21-18-3-4-19(17-5-7-23-8-6-17)24-20(18)25-22(26-21)28-10-12-30-14-16(28)2/h3-8,15-16H,9-14H2,1-2H3/t15-,16-/m0/s1. The van der Waals surface area contributed by atoms with Crippen molar-refractivity contribution in [1.82, 2.24) is 19.9 Å². The summed E-state index contributed by atoms with van der Waals surface area (Å²) in [5.74, 6) is 1.64. The number of aromatic nitrogens is 4. The summed E-state index contributed by atoms with van der Waals surface area (Å²) in [6.45, 7) is 8.63. The van der Waals surface area contributed by atoms with Crippen molar-refractivity contribution in [2.75, 3.05) is 49.3 Å². The van der Waals surface area contributed by atoms with Gasteiger partial charge in [-0.05, 0) is 38.1 Å². The first-order valence-electron chi connectivity index (χ1n) is 10.5. The van der Waals surface area contributed by atoms with Gasteiger partial charge in [0.1, 0.15) is 5.82 Å². The van der Waals surface area contributed by atoms with Crippen LogP contribution in [0.1, 0.15) is 13.8 Å². The highest BCUT2D eigenvalue weighted by Gasteiger charge is 2.27. The fourth-order valence-electron chi connectivity index (χ4n) is 4.08. The van der Waals surface area contributed by atoms with Gasteiger partial charge in [0.25, 0.3) is 0 Å². The molecule has 0 spiro atoms. The van der Waals surface area contributed by atoms with Gasteiger partial charge in [-0.15, -0.1) is 0 Å². The molecule has 3 aromatic rings. The summed E-state index contributed by atoms with van der Waals surface area (Å²) >= 11 is 0. The van der Waals surface area contributed by atoms with Crippen LogP contribution < -0.4 is 9.80 Å². The molecular weight excluding hydrogens is 380 g/mol. The van der Waals surface area contributed by atoms with E-state index in [1.807, 2.05) is 18.2 Å². The van der Waals surface area contributed by atoms with Gasteiger partial charge in [0.2, 0.25) is 5.95 Å². The van der Waals surface area contributed by atoms with Crippen molar-refractivity contribution >= 4 is 22.8 Å². The third-order valence-electron chi connectivity index (χ3n) is 5.77. The van der Waals surface area contributed by atoms with Gasteiger partial charge in [0.15, 0.2) is 5.65 Å². The molecule has 0 bridgehead atoms. The van der Waals surface area contributed by atoms with Crippen molar-refractivity contribution < 1.29 is 9.47 Å². The van der Waals surface area contributed by atoms with Gasteiger partial charge in [0.05, 0.1) is 49.6 Å². The second kappa shape index (κ2) is 8.12. The fourth-order valence-corrected chi connectivity index (χ4v) is 4.08. The Morgan fingerprint density at radius 2 is 1.53 bits per heavy atom. The molecule has 5 heterocycles. The van der Waals surface area contributed by atoms with Crippen LogP contribution in [-0.4, -0.2) is 71.5 Å². The van der Waals surface area contributed by atoms with E-state index < -0.39 is 0 Å². The van der Waals surface area contributed by atoms with Gasteiger partial charge < -0.3 is 19.3 Å². The Morgan fingerprint density at radius 1 is 0.833 bits per heavy atom. The molecule has 30 heavy (non-hydrogen) atoms. The normalized spacial score (nSPS) is 22.5. The van der Waals surface area contributed by atoms with Gasteiger partial charge >= 0.3 is 0 Å². The lowest BCUT2D eigenvalue weighted by Crippen LogP contribution is -2.46. The second-order valence-corrected chi connectivity index (χ2v) is 7.89. The molecule has 0 amide bonds. The molecule has 0 unspecified atom stereocenters. The Labute approximate surface area is 175 Å². The Hall–Kier alpha value is -2.84. The summed E-state index contributed by atoms with van der Waals surface area (Å²) in [5, 5.41) is 0.964. The zero-order valence-electron chi connectivity index (χ0n) is 17.4. The van der Waals surface area contributed by atoms with Crippen LogP contribution in [0.4, 0.5) is 11.8 Å². The van der Waals surface area contributed by atoms with E-state index in [0.717, 1.165) is 35.6 Å². The van der Waals surface area contributed by atoms with Gasteiger partial charge in [-0.2, -0.15) is 9.97 Å². The molecule has 0 radical (unpaired) electrons. The average molecular weight is 406 g/mol. The van der Waals surface area contributed by atoms with E-state index in [4.69, 9.17) is 24.4 Å². The van der Waals surface area contributed by atoms with E-state index in [1.54, 1.807) is 12.4 Å². The SMILES string of the molecule is C[C@H]1COCCN1c1nc(N2CCOC[C@@H]2C)c2ccc(-c3ccncc3)nc2n1. The molecule has 2 aliphatic heterocycles. The number of fused-ring (bicyclic) bond motifs is 1. The lowest BCUT2D eigenvalue weighted by molar-refractivity contribution is 0.0973. The molecule has 2 saturated heterocycles. The molecule has 0 aromatic carbocycles. The Balaban J connectivity index is 1.66. The first-order valence-corrected chi connectivity index (χ1v) is 10.5. The summed E-state index contributed by atoms with van der Waals surface area (Å²) in [6.07, 6.45) is 3.56. The van der Waals surface area contributed by atoms with Crippen molar-refractivity contribution in [1.29, 1.82) is 0 Å². The first-order chi connectivity index (χ1) is 14.7. The third kappa shape index (κ3) is 3.57. The summed E-state index contributed by atoms with van der Waals surface area (Å²) < 4.78 is 11.3. The Morgan fingerprint density at radius 3 is 2.23 bits per heavy atom. The van der Waals surface area contributed by atoms with Gasteiger partial charge in [-0.3, -0.25) is 4.98 Å². The first kappa shape index (κ1) is 19.1. The van der Waals surface area contributed by atoms with Crippen molar-refractivity contribution in [3.8, 4) is 11.3 Å². The van der Waals surface area contributed by atoms with Gasteiger partial charge in [0, 0.05) is 31.0 Å². The minimum atomic E-state index is 0.217. The van der Waals surface area contributed by atoms with E-state index in [1.165, 1.54) is 0 Å². The lowest BCUT2D eigenvalue weighted by Gasteiger charge is -2.37. The predicted molar refractivity (Wildman–Crippen MR) is 116 cm³/mol. The van der Waals surface area contributed by atoms with E-state index >= 15 is 0 Å². The van der Waals surface area contributed by atoms with Crippen molar-refractivity contribution in [3.63, 3.8) is 0 Å². The summed E-state index contributed by atoms with van der Waals surface area (Å²) in [5.41, 5.74) is 2.61. The van der Waals surface area contributed by atoms with Crippen LogP contribution in [0.2, 0.25) is 0 Å².